The fourth-order valence-corrected chi connectivity index (χ4v) is 2.09. The van der Waals surface area contributed by atoms with Crippen molar-refractivity contribution in [3.8, 4) is 0 Å². The van der Waals surface area contributed by atoms with Crippen LogP contribution in [-0.4, -0.2) is 17.8 Å². The molecule has 3 heteroatoms. The lowest BCUT2D eigenvalue weighted by Gasteiger charge is -2.40. The van der Waals surface area contributed by atoms with Crippen molar-refractivity contribution in [1.29, 1.82) is 0 Å². The summed E-state index contributed by atoms with van der Waals surface area (Å²) in [5.74, 6) is -0.954. The molecule has 2 nitrogen and oxygen atoms in total. The highest BCUT2D eigenvalue weighted by Gasteiger charge is 2.38. The SMILES string of the molecule is O=C(O)c1cccc(C2(CF)CCC2)c1. The van der Waals surface area contributed by atoms with Gasteiger partial charge in [0.1, 0.15) is 0 Å². The fourth-order valence-electron chi connectivity index (χ4n) is 2.09. The van der Waals surface area contributed by atoms with E-state index in [9.17, 15) is 9.18 Å². The third-order valence-electron chi connectivity index (χ3n) is 3.29. The lowest BCUT2D eigenvalue weighted by Crippen LogP contribution is -2.36. The molecule has 0 saturated heterocycles. The molecule has 1 aliphatic rings. The number of benzene rings is 1. The van der Waals surface area contributed by atoms with Gasteiger partial charge in [-0.15, -0.1) is 0 Å². The highest BCUT2D eigenvalue weighted by atomic mass is 19.1. The van der Waals surface area contributed by atoms with Crippen molar-refractivity contribution in [2.45, 2.75) is 24.7 Å². The third kappa shape index (κ3) is 1.62. The van der Waals surface area contributed by atoms with Crippen LogP contribution in [0.1, 0.15) is 35.2 Å². The Hall–Kier alpha value is -1.38. The second-order valence-electron chi connectivity index (χ2n) is 4.15. The Kier molecular flexibility index (Phi) is 2.47. The smallest absolute Gasteiger partial charge is 0.335 e. The summed E-state index contributed by atoms with van der Waals surface area (Å²) in [6, 6.07) is 6.65. The highest BCUT2D eigenvalue weighted by Crippen LogP contribution is 2.44. The Bertz CT molecular complexity index is 377. The van der Waals surface area contributed by atoms with Crippen molar-refractivity contribution >= 4 is 5.97 Å². The molecule has 0 atom stereocenters. The molecule has 1 aromatic carbocycles. The third-order valence-corrected chi connectivity index (χ3v) is 3.29. The number of halogens is 1. The van der Waals surface area contributed by atoms with E-state index in [1.165, 1.54) is 6.07 Å². The molecule has 0 bridgehead atoms. The molecule has 1 aliphatic carbocycles. The van der Waals surface area contributed by atoms with Crippen LogP contribution in [0.4, 0.5) is 4.39 Å². The normalized spacial score (nSPS) is 18.2. The summed E-state index contributed by atoms with van der Waals surface area (Å²) in [6.07, 6.45) is 2.68. The maximum absolute atomic E-state index is 13.0. The number of carbonyl (C=O) groups is 1. The topological polar surface area (TPSA) is 37.3 Å². The first kappa shape index (κ1) is 10.1. The minimum Gasteiger partial charge on any atom is -0.478 e. The standard InChI is InChI=1S/C12H13FO2/c13-8-12(5-2-6-12)10-4-1-3-9(7-10)11(14)15/h1,3-4,7H,2,5-6,8H2,(H,14,15). The average Bonchev–Trinajstić information content (AvgIpc) is 2.17. The average molecular weight is 208 g/mol. The van der Waals surface area contributed by atoms with Crippen LogP contribution in [0, 0.1) is 0 Å². The fraction of sp³-hybridized carbons (Fsp3) is 0.417. The van der Waals surface area contributed by atoms with Crippen molar-refractivity contribution in [2.75, 3.05) is 6.67 Å². The van der Waals surface area contributed by atoms with Crippen molar-refractivity contribution in [2.24, 2.45) is 0 Å². The monoisotopic (exact) mass is 208 g/mol. The summed E-state index contributed by atoms with van der Waals surface area (Å²) in [5, 5.41) is 8.84. The second kappa shape index (κ2) is 3.65. The lowest BCUT2D eigenvalue weighted by molar-refractivity contribution is 0.0696. The van der Waals surface area contributed by atoms with Gasteiger partial charge in [0.25, 0.3) is 0 Å². The number of hydrogen-bond donors (Lipinski definition) is 1. The van der Waals surface area contributed by atoms with Gasteiger partial charge in [0, 0.05) is 5.41 Å². The quantitative estimate of drug-likeness (QED) is 0.829. The molecule has 0 aromatic heterocycles. The molecule has 0 unspecified atom stereocenters. The van der Waals surface area contributed by atoms with E-state index in [1.54, 1.807) is 12.1 Å². The lowest BCUT2D eigenvalue weighted by atomic mass is 9.65. The number of carboxylic acids is 1. The van der Waals surface area contributed by atoms with Crippen molar-refractivity contribution < 1.29 is 14.3 Å². The van der Waals surface area contributed by atoms with E-state index < -0.39 is 18.1 Å². The van der Waals surface area contributed by atoms with E-state index in [4.69, 9.17) is 5.11 Å². The Morgan fingerprint density at radius 1 is 1.47 bits per heavy atom. The van der Waals surface area contributed by atoms with Crippen LogP contribution in [0.15, 0.2) is 24.3 Å². The van der Waals surface area contributed by atoms with Gasteiger partial charge in [-0.3, -0.25) is 4.39 Å². The number of carboxylic acid groups (broad SMARTS) is 1. The van der Waals surface area contributed by atoms with Crippen LogP contribution in [0.2, 0.25) is 0 Å². The van der Waals surface area contributed by atoms with Crippen LogP contribution in [-0.2, 0) is 5.41 Å². The molecule has 0 spiro atoms. The van der Waals surface area contributed by atoms with Crippen molar-refractivity contribution in [1.82, 2.24) is 0 Å². The van der Waals surface area contributed by atoms with Gasteiger partial charge in [-0.25, -0.2) is 4.79 Å². The highest BCUT2D eigenvalue weighted by molar-refractivity contribution is 5.87. The van der Waals surface area contributed by atoms with Crippen molar-refractivity contribution in [3.05, 3.63) is 35.4 Å². The predicted molar refractivity (Wildman–Crippen MR) is 54.9 cm³/mol. The van der Waals surface area contributed by atoms with Crippen LogP contribution in [0.3, 0.4) is 0 Å². The Labute approximate surface area is 87.7 Å². The first-order chi connectivity index (χ1) is 7.18. The molecule has 0 amide bonds. The van der Waals surface area contributed by atoms with Gasteiger partial charge < -0.3 is 5.11 Å². The number of rotatable bonds is 3. The van der Waals surface area contributed by atoms with Gasteiger partial charge in [-0.2, -0.15) is 0 Å². The predicted octanol–water partition coefficient (Wildman–Crippen LogP) is 2.78. The molecule has 1 N–H and O–H groups in total. The largest absolute Gasteiger partial charge is 0.478 e. The van der Waals surface area contributed by atoms with Crippen LogP contribution >= 0.6 is 0 Å². The minimum absolute atomic E-state index is 0.243. The van der Waals surface area contributed by atoms with Gasteiger partial charge in [0.15, 0.2) is 0 Å². The van der Waals surface area contributed by atoms with Crippen molar-refractivity contribution in [3.63, 3.8) is 0 Å². The Morgan fingerprint density at radius 2 is 2.20 bits per heavy atom. The molecule has 15 heavy (non-hydrogen) atoms. The van der Waals surface area contributed by atoms with E-state index in [1.807, 2.05) is 6.07 Å². The molecule has 80 valence electrons. The zero-order valence-corrected chi connectivity index (χ0v) is 8.37. The second-order valence-corrected chi connectivity index (χ2v) is 4.15. The minimum atomic E-state index is -0.954. The van der Waals surface area contributed by atoms with Crippen LogP contribution in [0.5, 0.6) is 0 Å². The van der Waals surface area contributed by atoms with E-state index in [-0.39, 0.29) is 5.56 Å². The Morgan fingerprint density at radius 3 is 2.67 bits per heavy atom. The summed E-state index contributed by atoms with van der Waals surface area (Å²) in [7, 11) is 0. The van der Waals surface area contributed by atoms with E-state index in [2.05, 4.69) is 0 Å². The molecule has 0 radical (unpaired) electrons. The number of alkyl halides is 1. The zero-order chi connectivity index (χ0) is 10.9. The molecular weight excluding hydrogens is 195 g/mol. The summed E-state index contributed by atoms with van der Waals surface area (Å²) in [6.45, 7) is -0.393. The van der Waals surface area contributed by atoms with Gasteiger partial charge in [0.2, 0.25) is 0 Å². The first-order valence-corrected chi connectivity index (χ1v) is 5.08. The summed E-state index contributed by atoms with van der Waals surface area (Å²) in [4.78, 5) is 10.8. The summed E-state index contributed by atoms with van der Waals surface area (Å²) >= 11 is 0. The number of aromatic carboxylic acids is 1. The maximum atomic E-state index is 13.0. The molecule has 0 heterocycles. The molecule has 0 aliphatic heterocycles. The van der Waals surface area contributed by atoms with E-state index in [0.717, 1.165) is 24.8 Å². The van der Waals surface area contributed by atoms with Gasteiger partial charge in [-0.05, 0) is 30.5 Å². The maximum Gasteiger partial charge on any atom is 0.335 e. The first-order valence-electron chi connectivity index (χ1n) is 5.08. The Balaban J connectivity index is 2.35. The van der Waals surface area contributed by atoms with E-state index >= 15 is 0 Å². The number of hydrogen-bond acceptors (Lipinski definition) is 1. The van der Waals surface area contributed by atoms with Gasteiger partial charge in [-0.1, -0.05) is 18.6 Å². The zero-order valence-electron chi connectivity index (χ0n) is 8.37. The van der Waals surface area contributed by atoms with Gasteiger partial charge >= 0.3 is 5.97 Å². The molecule has 1 aromatic rings. The van der Waals surface area contributed by atoms with Crippen LogP contribution < -0.4 is 0 Å². The van der Waals surface area contributed by atoms with E-state index in [0.29, 0.717) is 0 Å². The summed E-state index contributed by atoms with van der Waals surface area (Å²) in [5.41, 5.74) is 0.675. The molecule has 1 saturated carbocycles. The molecule has 1 fully saturated rings. The molecular formula is C12H13FO2. The van der Waals surface area contributed by atoms with Crippen LogP contribution in [0.25, 0.3) is 0 Å². The van der Waals surface area contributed by atoms with Gasteiger partial charge in [0.05, 0.1) is 12.2 Å². The summed E-state index contributed by atoms with van der Waals surface area (Å²) < 4.78 is 13.0. The molecule has 2 rings (SSSR count).